The highest BCUT2D eigenvalue weighted by Gasteiger charge is 2.36. The summed E-state index contributed by atoms with van der Waals surface area (Å²) >= 11 is 0. The molecule has 48 heavy (non-hydrogen) atoms. The van der Waals surface area contributed by atoms with Crippen LogP contribution in [0.5, 0.6) is 0 Å². The van der Waals surface area contributed by atoms with E-state index < -0.39 is 0 Å². The van der Waals surface area contributed by atoms with E-state index in [1.54, 1.807) is 12.1 Å². The fourth-order valence-electron chi connectivity index (χ4n) is 6.92. The predicted octanol–water partition coefficient (Wildman–Crippen LogP) is 12.6. The Morgan fingerprint density at radius 3 is 1.19 bits per heavy atom. The number of fused-ring (bicyclic) bond motifs is 1. The first-order valence-electron chi connectivity index (χ1n) is 20.8. The van der Waals surface area contributed by atoms with E-state index in [1.807, 2.05) is 12.1 Å². The molecule has 0 fully saturated rings. The summed E-state index contributed by atoms with van der Waals surface area (Å²) in [6.45, 7) is 6.59. The average Bonchev–Trinajstić information content (AvgIpc) is 3.34. The summed E-state index contributed by atoms with van der Waals surface area (Å²) in [6, 6.07) is 7.12. The number of amides is 2. The summed E-state index contributed by atoms with van der Waals surface area (Å²) in [6.07, 6.45) is 37.1. The van der Waals surface area contributed by atoms with Crippen LogP contribution in [0.15, 0.2) is 24.3 Å². The van der Waals surface area contributed by atoms with E-state index >= 15 is 0 Å². The molecule has 276 valence electrons. The first-order chi connectivity index (χ1) is 23.7. The summed E-state index contributed by atoms with van der Waals surface area (Å²) in [5.74, 6) is -0.430. The Kier molecular flexibility index (Phi) is 26.6. The second-order valence-corrected chi connectivity index (χ2v) is 14.5. The molecule has 0 saturated carbocycles. The van der Waals surface area contributed by atoms with E-state index in [4.69, 9.17) is 9.47 Å². The summed E-state index contributed by atoms with van der Waals surface area (Å²) < 4.78 is 12.3. The van der Waals surface area contributed by atoms with Gasteiger partial charge in [0.15, 0.2) is 0 Å². The summed E-state index contributed by atoms with van der Waals surface area (Å²) in [5, 5.41) is 0. The highest BCUT2D eigenvalue weighted by atomic mass is 16.5. The van der Waals surface area contributed by atoms with Crippen molar-refractivity contribution in [1.29, 1.82) is 0 Å². The van der Waals surface area contributed by atoms with E-state index in [9.17, 15) is 9.59 Å². The molecular weight excluding hydrogens is 594 g/mol. The van der Waals surface area contributed by atoms with Gasteiger partial charge < -0.3 is 9.47 Å². The zero-order valence-electron chi connectivity index (χ0n) is 31.6. The first-order valence-corrected chi connectivity index (χ1v) is 20.8. The van der Waals surface area contributed by atoms with Gasteiger partial charge in [0.05, 0.1) is 30.4 Å². The van der Waals surface area contributed by atoms with Gasteiger partial charge in [0.1, 0.15) is 0 Å². The Labute approximate surface area is 296 Å². The maximum atomic E-state index is 13.0. The maximum absolute atomic E-state index is 13.0. The predicted molar refractivity (Wildman–Crippen MR) is 203 cm³/mol. The van der Waals surface area contributed by atoms with Crippen LogP contribution in [-0.4, -0.2) is 49.2 Å². The van der Waals surface area contributed by atoms with Crippen molar-refractivity contribution < 1.29 is 19.1 Å². The van der Waals surface area contributed by atoms with Gasteiger partial charge in [-0.05, 0) is 25.0 Å². The van der Waals surface area contributed by atoms with Gasteiger partial charge in [-0.25, -0.2) is 0 Å². The third kappa shape index (κ3) is 20.1. The van der Waals surface area contributed by atoms with Gasteiger partial charge in [-0.3, -0.25) is 14.5 Å². The van der Waals surface area contributed by atoms with Crippen molar-refractivity contribution in [2.45, 2.75) is 200 Å². The molecule has 0 aliphatic carbocycles. The van der Waals surface area contributed by atoms with E-state index in [0.717, 1.165) is 19.3 Å². The number of ether oxygens (including phenoxy) is 2. The lowest BCUT2D eigenvalue weighted by molar-refractivity contribution is -0.0286. The van der Waals surface area contributed by atoms with Crippen molar-refractivity contribution in [2.24, 2.45) is 0 Å². The molecule has 0 radical (unpaired) electrons. The number of benzene rings is 1. The van der Waals surface area contributed by atoms with Crippen molar-refractivity contribution in [3.8, 4) is 0 Å². The van der Waals surface area contributed by atoms with Crippen LogP contribution < -0.4 is 0 Å². The van der Waals surface area contributed by atoms with E-state index in [-0.39, 0.29) is 24.5 Å². The van der Waals surface area contributed by atoms with Crippen LogP contribution in [0.2, 0.25) is 0 Å². The van der Waals surface area contributed by atoms with E-state index in [0.29, 0.717) is 30.9 Å². The molecule has 1 aromatic rings. The lowest BCUT2D eigenvalue weighted by Crippen LogP contribution is -2.40. The summed E-state index contributed by atoms with van der Waals surface area (Å²) in [7, 11) is 0. The van der Waals surface area contributed by atoms with Gasteiger partial charge in [-0.1, -0.05) is 193 Å². The van der Waals surface area contributed by atoms with Crippen molar-refractivity contribution in [2.75, 3.05) is 26.4 Å². The molecule has 0 bridgehead atoms. The van der Waals surface area contributed by atoms with Gasteiger partial charge in [0.2, 0.25) is 0 Å². The van der Waals surface area contributed by atoms with Crippen LogP contribution in [-0.2, 0) is 9.47 Å². The fourth-order valence-corrected chi connectivity index (χ4v) is 6.92. The molecule has 5 nitrogen and oxygen atoms in total. The smallest absolute Gasteiger partial charge is 0.261 e. The first kappa shape index (κ1) is 42.4. The van der Waals surface area contributed by atoms with Gasteiger partial charge in [0.25, 0.3) is 11.8 Å². The summed E-state index contributed by atoms with van der Waals surface area (Å²) in [4.78, 5) is 27.3. The molecule has 5 heteroatoms. The molecule has 1 aromatic carbocycles. The Morgan fingerprint density at radius 2 is 0.812 bits per heavy atom. The monoisotopic (exact) mass is 670 g/mol. The van der Waals surface area contributed by atoms with Gasteiger partial charge in [-0.2, -0.15) is 0 Å². The molecule has 0 saturated heterocycles. The SMILES string of the molecule is CCCCCCCCCCCCCCCCCCOC(COCCCCCCCCCCCCCC)CN1C(=O)c2ccccc2C1=O. The van der Waals surface area contributed by atoms with Crippen LogP contribution in [0.3, 0.4) is 0 Å². The second kappa shape index (κ2) is 30.1. The van der Waals surface area contributed by atoms with Crippen molar-refractivity contribution >= 4 is 11.8 Å². The summed E-state index contributed by atoms with van der Waals surface area (Å²) in [5.41, 5.74) is 0.993. The van der Waals surface area contributed by atoms with Crippen LogP contribution in [0.1, 0.15) is 214 Å². The van der Waals surface area contributed by atoms with Crippen molar-refractivity contribution in [1.82, 2.24) is 4.90 Å². The minimum absolute atomic E-state index is 0.215. The van der Waals surface area contributed by atoms with E-state index in [2.05, 4.69) is 13.8 Å². The molecule has 0 spiro atoms. The molecule has 2 amide bonds. The van der Waals surface area contributed by atoms with Crippen LogP contribution in [0.25, 0.3) is 0 Å². The maximum Gasteiger partial charge on any atom is 0.261 e. The Balaban J connectivity index is 1.55. The molecule has 1 heterocycles. The standard InChI is InChI=1S/C43H75NO4/c1-3-5-7-9-11-13-15-17-18-19-20-22-24-26-28-32-36-48-39(37-44-42(45)40-33-29-30-34-41(40)43(44)46)38-47-35-31-27-25-23-21-16-14-12-10-8-6-4-2/h29-30,33-34,39H,3-28,31-32,35-38H2,1-2H3. The third-order valence-corrected chi connectivity index (χ3v) is 10.1. The number of carbonyl (C=O) groups is 2. The molecule has 0 N–H and O–H groups in total. The molecule has 1 aliphatic rings. The molecule has 1 atom stereocenters. The zero-order valence-corrected chi connectivity index (χ0v) is 31.6. The van der Waals surface area contributed by atoms with Crippen LogP contribution in [0.4, 0.5) is 0 Å². The molecule has 1 unspecified atom stereocenters. The van der Waals surface area contributed by atoms with Crippen molar-refractivity contribution in [3.63, 3.8) is 0 Å². The quantitative estimate of drug-likeness (QED) is 0.0533. The molecular formula is C43H75NO4. The van der Waals surface area contributed by atoms with Crippen molar-refractivity contribution in [3.05, 3.63) is 35.4 Å². The topological polar surface area (TPSA) is 55.8 Å². The Bertz CT molecular complexity index is 883. The van der Waals surface area contributed by atoms with Gasteiger partial charge in [-0.15, -0.1) is 0 Å². The number of unbranched alkanes of at least 4 members (excludes halogenated alkanes) is 26. The Hall–Kier alpha value is -1.72. The normalized spacial score (nSPS) is 13.5. The number of hydrogen-bond donors (Lipinski definition) is 0. The highest BCUT2D eigenvalue weighted by Crippen LogP contribution is 2.23. The number of nitrogens with zero attached hydrogens (tertiary/aromatic N) is 1. The minimum Gasteiger partial charge on any atom is -0.379 e. The minimum atomic E-state index is -0.291. The van der Waals surface area contributed by atoms with E-state index in [1.165, 1.54) is 165 Å². The van der Waals surface area contributed by atoms with Gasteiger partial charge in [0, 0.05) is 13.2 Å². The largest absolute Gasteiger partial charge is 0.379 e. The molecule has 2 rings (SSSR count). The zero-order chi connectivity index (χ0) is 34.3. The second-order valence-electron chi connectivity index (χ2n) is 14.5. The number of hydrogen-bond acceptors (Lipinski definition) is 4. The third-order valence-electron chi connectivity index (χ3n) is 10.1. The van der Waals surface area contributed by atoms with Gasteiger partial charge >= 0.3 is 0 Å². The number of imide groups is 1. The number of carbonyl (C=O) groups excluding carboxylic acids is 2. The fraction of sp³-hybridized carbons (Fsp3) is 0.814. The van der Waals surface area contributed by atoms with Crippen LogP contribution in [0, 0.1) is 0 Å². The highest BCUT2D eigenvalue weighted by molar-refractivity contribution is 6.21. The molecule has 0 aromatic heterocycles. The average molecular weight is 670 g/mol. The lowest BCUT2D eigenvalue weighted by atomic mass is 10.0. The number of rotatable bonds is 35. The lowest BCUT2D eigenvalue weighted by Gasteiger charge is -2.23. The molecule has 1 aliphatic heterocycles. The Morgan fingerprint density at radius 1 is 0.479 bits per heavy atom. The van der Waals surface area contributed by atoms with Crippen LogP contribution >= 0.6 is 0 Å².